The molecule has 30 heavy (non-hydrogen) atoms. The van der Waals surface area contributed by atoms with Gasteiger partial charge in [-0.3, -0.25) is 4.79 Å². The molecular formula is C24H36ClN3O2. The molecule has 3 rings (SSSR count). The fourth-order valence-corrected chi connectivity index (χ4v) is 4.00. The maximum Gasteiger partial charge on any atom is 0.253 e. The number of hydrogen-bond donors (Lipinski definition) is 0. The van der Waals surface area contributed by atoms with Crippen LogP contribution in [0.2, 0.25) is 0 Å². The van der Waals surface area contributed by atoms with Gasteiger partial charge in [0.2, 0.25) is 0 Å². The number of amides is 1. The highest BCUT2D eigenvalue weighted by molar-refractivity contribution is 5.95. The summed E-state index contributed by atoms with van der Waals surface area (Å²) in [5.74, 6) is 1.80. The number of nitrogens with zero attached hydrogens (tertiary/aromatic N) is 3. The predicted octanol–water partition coefficient (Wildman–Crippen LogP) is 5.18. The summed E-state index contributed by atoms with van der Waals surface area (Å²) in [4.78, 5) is 19.6. The number of aromatic nitrogens is 2. The van der Waals surface area contributed by atoms with Crippen molar-refractivity contribution in [1.29, 1.82) is 0 Å². The van der Waals surface area contributed by atoms with E-state index in [1.807, 2.05) is 43.0 Å². The first-order valence-corrected chi connectivity index (χ1v) is 10.9. The van der Waals surface area contributed by atoms with Crippen LogP contribution in [0, 0.1) is 5.92 Å². The molecule has 5 nitrogen and oxygen atoms in total. The number of imidazole rings is 1. The third kappa shape index (κ3) is 5.64. The zero-order valence-electron chi connectivity index (χ0n) is 19.0. The van der Waals surface area contributed by atoms with Gasteiger partial charge in [0.25, 0.3) is 5.91 Å². The zero-order valence-corrected chi connectivity index (χ0v) is 19.8. The number of rotatable bonds is 6. The largest absolute Gasteiger partial charge is 0.381 e. The fourth-order valence-electron chi connectivity index (χ4n) is 4.00. The molecule has 1 saturated heterocycles. The lowest BCUT2D eigenvalue weighted by Gasteiger charge is -2.25. The fraction of sp³-hybridized carbons (Fsp3) is 0.583. The minimum atomic E-state index is -0.0436. The molecule has 0 aliphatic carbocycles. The average molecular weight is 434 g/mol. The molecule has 1 aromatic heterocycles. The maximum absolute atomic E-state index is 12.8. The van der Waals surface area contributed by atoms with Crippen LogP contribution in [0.1, 0.15) is 63.6 Å². The van der Waals surface area contributed by atoms with E-state index >= 15 is 0 Å². The molecule has 1 aromatic carbocycles. The summed E-state index contributed by atoms with van der Waals surface area (Å²) < 4.78 is 7.85. The first-order valence-electron chi connectivity index (χ1n) is 10.9. The topological polar surface area (TPSA) is 47.4 Å². The molecule has 0 saturated carbocycles. The van der Waals surface area contributed by atoms with Crippen LogP contribution in [0.25, 0.3) is 11.3 Å². The van der Waals surface area contributed by atoms with Crippen molar-refractivity contribution in [3.05, 3.63) is 41.9 Å². The molecule has 1 aliphatic heterocycles. The Bertz CT molecular complexity index is 831. The van der Waals surface area contributed by atoms with E-state index in [0.717, 1.165) is 55.2 Å². The van der Waals surface area contributed by atoms with Crippen LogP contribution in [0.3, 0.4) is 0 Å². The van der Waals surface area contributed by atoms with Crippen molar-refractivity contribution >= 4 is 18.3 Å². The highest BCUT2D eigenvalue weighted by Gasteiger charge is 2.25. The van der Waals surface area contributed by atoms with E-state index in [1.165, 1.54) is 0 Å². The van der Waals surface area contributed by atoms with E-state index in [0.29, 0.717) is 19.0 Å². The van der Waals surface area contributed by atoms with E-state index in [2.05, 4.69) is 31.5 Å². The summed E-state index contributed by atoms with van der Waals surface area (Å²) in [7, 11) is 0. The molecule has 2 aromatic rings. The Hall–Kier alpha value is -1.85. The number of benzene rings is 1. The van der Waals surface area contributed by atoms with Gasteiger partial charge in [0.15, 0.2) is 0 Å². The lowest BCUT2D eigenvalue weighted by Crippen LogP contribution is -2.30. The normalized spacial score (nSPS) is 15.0. The monoisotopic (exact) mass is 433 g/mol. The second-order valence-electron chi connectivity index (χ2n) is 8.97. The van der Waals surface area contributed by atoms with Crippen LogP contribution in [0.5, 0.6) is 0 Å². The van der Waals surface area contributed by atoms with Gasteiger partial charge >= 0.3 is 0 Å². The molecule has 0 unspecified atom stereocenters. The summed E-state index contributed by atoms with van der Waals surface area (Å²) in [6.45, 7) is 14.8. The molecular weight excluding hydrogens is 398 g/mol. The van der Waals surface area contributed by atoms with Crippen molar-refractivity contribution in [2.75, 3.05) is 26.3 Å². The van der Waals surface area contributed by atoms with Crippen LogP contribution in [0.15, 0.2) is 30.5 Å². The van der Waals surface area contributed by atoms with Crippen molar-refractivity contribution < 1.29 is 9.53 Å². The highest BCUT2D eigenvalue weighted by Crippen LogP contribution is 2.29. The van der Waals surface area contributed by atoms with Gasteiger partial charge in [-0.25, -0.2) is 4.98 Å². The van der Waals surface area contributed by atoms with Gasteiger partial charge < -0.3 is 14.2 Å². The zero-order chi connectivity index (χ0) is 21.0. The lowest BCUT2D eigenvalue weighted by molar-refractivity contribution is 0.0607. The predicted molar refractivity (Wildman–Crippen MR) is 124 cm³/mol. The Morgan fingerprint density at radius 2 is 1.87 bits per heavy atom. The van der Waals surface area contributed by atoms with Crippen molar-refractivity contribution in [1.82, 2.24) is 14.5 Å². The summed E-state index contributed by atoms with van der Waals surface area (Å²) in [6.07, 6.45) is 4.37. The maximum atomic E-state index is 12.8. The Morgan fingerprint density at radius 1 is 1.20 bits per heavy atom. The smallest absolute Gasteiger partial charge is 0.253 e. The van der Waals surface area contributed by atoms with Gasteiger partial charge in [-0.1, -0.05) is 32.9 Å². The van der Waals surface area contributed by atoms with Crippen molar-refractivity contribution in [3.8, 4) is 11.3 Å². The molecule has 1 amide bonds. The Morgan fingerprint density at radius 3 is 2.47 bits per heavy atom. The van der Waals surface area contributed by atoms with Crippen LogP contribution in [-0.4, -0.2) is 46.7 Å². The van der Waals surface area contributed by atoms with Crippen molar-refractivity contribution in [2.45, 2.75) is 59.4 Å². The minimum Gasteiger partial charge on any atom is -0.381 e. The molecule has 166 valence electrons. The van der Waals surface area contributed by atoms with Gasteiger partial charge in [-0.05, 0) is 44.7 Å². The summed E-state index contributed by atoms with van der Waals surface area (Å²) in [6, 6.07) is 7.88. The molecule has 0 N–H and O–H groups in total. The van der Waals surface area contributed by atoms with Crippen LogP contribution >= 0.6 is 12.4 Å². The van der Waals surface area contributed by atoms with E-state index in [4.69, 9.17) is 9.72 Å². The minimum absolute atomic E-state index is 0. The number of halogens is 1. The first-order chi connectivity index (χ1) is 13.8. The average Bonchev–Trinajstić information content (AvgIpc) is 3.14. The Labute approximate surface area is 187 Å². The Kier molecular flexibility index (Phi) is 8.51. The standard InChI is InChI=1S/C24H35N3O2.ClH/c1-6-26(7-2)22(28)20-10-8-9-19(15-20)21-17-27(23(25-21)24(3,4)5)16-18-11-13-29-14-12-18;/h8-10,15,17-18H,6-7,11-14,16H2,1-5H3;1H. The molecule has 0 bridgehead atoms. The molecule has 2 heterocycles. The molecule has 0 atom stereocenters. The van der Waals surface area contributed by atoms with E-state index < -0.39 is 0 Å². The molecule has 6 heteroatoms. The van der Waals surface area contributed by atoms with Gasteiger partial charge in [0.1, 0.15) is 5.82 Å². The van der Waals surface area contributed by atoms with Gasteiger partial charge in [-0.2, -0.15) is 0 Å². The first kappa shape index (κ1) is 24.4. The second-order valence-corrected chi connectivity index (χ2v) is 8.97. The molecule has 0 spiro atoms. The molecule has 1 fully saturated rings. The number of hydrogen-bond acceptors (Lipinski definition) is 3. The van der Waals surface area contributed by atoms with Crippen LogP contribution < -0.4 is 0 Å². The lowest BCUT2D eigenvalue weighted by atomic mass is 9.94. The summed E-state index contributed by atoms with van der Waals surface area (Å²) in [5.41, 5.74) is 2.62. The number of ether oxygens (including phenoxy) is 1. The number of carbonyl (C=O) groups excluding carboxylic acids is 1. The van der Waals surface area contributed by atoms with Gasteiger partial charge in [0, 0.05) is 55.6 Å². The van der Waals surface area contributed by atoms with E-state index in [9.17, 15) is 4.79 Å². The molecule has 0 radical (unpaired) electrons. The summed E-state index contributed by atoms with van der Waals surface area (Å²) >= 11 is 0. The third-order valence-corrected chi connectivity index (χ3v) is 5.70. The quantitative estimate of drug-likeness (QED) is 0.630. The summed E-state index contributed by atoms with van der Waals surface area (Å²) in [5, 5.41) is 0. The van der Waals surface area contributed by atoms with Crippen molar-refractivity contribution in [2.24, 2.45) is 5.92 Å². The third-order valence-electron chi connectivity index (χ3n) is 5.70. The van der Waals surface area contributed by atoms with Crippen LogP contribution in [0.4, 0.5) is 0 Å². The second kappa shape index (κ2) is 10.5. The van der Waals surface area contributed by atoms with Crippen LogP contribution in [-0.2, 0) is 16.7 Å². The van der Waals surface area contributed by atoms with Gasteiger partial charge in [-0.15, -0.1) is 12.4 Å². The SMILES string of the molecule is CCN(CC)C(=O)c1cccc(-c2cn(CC3CCOCC3)c(C(C)(C)C)n2)c1.Cl. The van der Waals surface area contributed by atoms with Gasteiger partial charge in [0.05, 0.1) is 5.69 Å². The highest BCUT2D eigenvalue weighted by atomic mass is 35.5. The van der Waals surface area contributed by atoms with E-state index in [-0.39, 0.29) is 23.7 Å². The number of carbonyl (C=O) groups is 1. The van der Waals surface area contributed by atoms with E-state index in [1.54, 1.807) is 0 Å². The molecule has 1 aliphatic rings. The van der Waals surface area contributed by atoms with Crippen molar-refractivity contribution in [3.63, 3.8) is 0 Å². The Balaban J connectivity index is 0.00000320.